The summed E-state index contributed by atoms with van der Waals surface area (Å²) in [5.41, 5.74) is 2.46. The number of hydrogen-bond acceptors (Lipinski definition) is 8. The smallest absolute Gasteiger partial charge is 0.361 e. The van der Waals surface area contributed by atoms with Gasteiger partial charge in [-0.3, -0.25) is 0 Å². The number of esters is 1. The molecule has 4 aromatic rings. The highest BCUT2D eigenvalue weighted by Gasteiger charge is 2.19. The van der Waals surface area contributed by atoms with Crippen molar-refractivity contribution in [2.45, 2.75) is 13.5 Å². The molecule has 0 radical (unpaired) electrons. The number of ether oxygens (including phenoxy) is 1. The maximum absolute atomic E-state index is 12.3. The average molecular weight is 391 g/mol. The van der Waals surface area contributed by atoms with Gasteiger partial charge >= 0.3 is 5.97 Å². The van der Waals surface area contributed by atoms with Gasteiger partial charge in [0.1, 0.15) is 10.0 Å². The number of carbonyl (C=O) groups excluding carboxylic acids is 1. The fourth-order valence-electron chi connectivity index (χ4n) is 2.76. The first-order valence-corrected chi connectivity index (χ1v) is 9.62. The van der Waals surface area contributed by atoms with Crippen LogP contribution >= 0.6 is 11.3 Å². The average Bonchev–Trinajstić information content (AvgIpc) is 3.22. The summed E-state index contributed by atoms with van der Waals surface area (Å²) in [5, 5.41) is 22.4. The molecule has 0 aliphatic heterocycles. The van der Waals surface area contributed by atoms with E-state index in [-0.39, 0.29) is 12.3 Å². The molecule has 140 valence electrons. The summed E-state index contributed by atoms with van der Waals surface area (Å²) in [5.74, 6) is -0.509. The zero-order valence-corrected chi connectivity index (χ0v) is 15.9. The van der Waals surface area contributed by atoms with Crippen LogP contribution in [-0.4, -0.2) is 33.0 Å². The van der Waals surface area contributed by atoms with Gasteiger partial charge in [-0.15, -0.1) is 20.4 Å². The molecule has 2 aromatic carbocycles. The molecule has 0 saturated carbocycles. The second kappa shape index (κ2) is 8.10. The van der Waals surface area contributed by atoms with E-state index in [9.17, 15) is 4.79 Å². The van der Waals surface area contributed by atoms with Crippen molar-refractivity contribution in [2.24, 2.45) is 0 Å². The Morgan fingerprint density at radius 1 is 1.00 bits per heavy atom. The largest absolute Gasteiger partial charge is 0.461 e. The van der Waals surface area contributed by atoms with Crippen LogP contribution in [0.3, 0.4) is 0 Å². The third-order valence-electron chi connectivity index (χ3n) is 4.04. The molecule has 7 nitrogen and oxygen atoms in total. The molecule has 0 fully saturated rings. The normalized spacial score (nSPS) is 10.8. The fourth-order valence-corrected chi connectivity index (χ4v) is 3.55. The molecule has 0 aliphatic carbocycles. The monoisotopic (exact) mass is 391 g/mol. The summed E-state index contributed by atoms with van der Waals surface area (Å²) in [4.78, 5) is 12.3. The van der Waals surface area contributed by atoms with Gasteiger partial charge in [0.2, 0.25) is 0 Å². The molecule has 0 unspecified atom stereocenters. The van der Waals surface area contributed by atoms with Crippen LogP contribution in [0.1, 0.15) is 22.4 Å². The number of fused-ring (bicyclic) bond motifs is 1. The van der Waals surface area contributed by atoms with E-state index >= 15 is 0 Å². The Kier molecular flexibility index (Phi) is 5.20. The van der Waals surface area contributed by atoms with Gasteiger partial charge in [0.05, 0.1) is 24.4 Å². The van der Waals surface area contributed by atoms with E-state index < -0.39 is 5.97 Å². The predicted octanol–water partition coefficient (Wildman–Crippen LogP) is 3.94. The minimum Gasteiger partial charge on any atom is -0.461 e. The first-order valence-electron chi connectivity index (χ1n) is 8.80. The lowest BCUT2D eigenvalue weighted by Crippen LogP contribution is -2.13. The van der Waals surface area contributed by atoms with Crippen LogP contribution in [0.2, 0.25) is 0 Å². The van der Waals surface area contributed by atoms with Crippen molar-refractivity contribution >= 4 is 33.9 Å². The fraction of sp³-hybridized carbons (Fsp3) is 0.150. The molecule has 0 amide bonds. The highest BCUT2D eigenvalue weighted by atomic mass is 32.1. The Morgan fingerprint density at radius 2 is 1.79 bits per heavy atom. The number of carbonyl (C=O) groups is 1. The van der Waals surface area contributed by atoms with Crippen molar-refractivity contribution in [1.29, 1.82) is 0 Å². The van der Waals surface area contributed by atoms with Gasteiger partial charge in [0.25, 0.3) is 0 Å². The van der Waals surface area contributed by atoms with Gasteiger partial charge in [0, 0.05) is 10.9 Å². The maximum Gasteiger partial charge on any atom is 0.361 e. The summed E-state index contributed by atoms with van der Waals surface area (Å²) in [7, 11) is 0. The second-order valence-corrected chi connectivity index (χ2v) is 6.94. The lowest BCUT2D eigenvalue weighted by molar-refractivity contribution is 0.0519. The van der Waals surface area contributed by atoms with Crippen molar-refractivity contribution in [3.8, 4) is 10.6 Å². The lowest BCUT2D eigenvalue weighted by Gasteiger charge is -2.11. The third kappa shape index (κ3) is 3.67. The lowest BCUT2D eigenvalue weighted by atomic mass is 10.1. The standard InChI is InChI=1S/C20H17N5O2S/c1-2-27-20(26)18-17(14-10-6-7-11-15(14)22-24-18)21-12-16-23-25-19(28-16)13-8-4-3-5-9-13/h3-11H,2,12H2,1H3,(H,21,22). The minimum atomic E-state index is -0.509. The first kappa shape index (κ1) is 18.0. The van der Waals surface area contributed by atoms with Crippen LogP contribution in [0.15, 0.2) is 54.6 Å². The summed E-state index contributed by atoms with van der Waals surface area (Å²) < 4.78 is 5.12. The number of benzene rings is 2. The Morgan fingerprint density at radius 3 is 2.61 bits per heavy atom. The maximum atomic E-state index is 12.3. The van der Waals surface area contributed by atoms with E-state index in [0.29, 0.717) is 17.7 Å². The number of nitrogens with one attached hydrogen (secondary N) is 1. The summed E-state index contributed by atoms with van der Waals surface area (Å²) in [6, 6.07) is 17.4. The quantitative estimate of drug-likeness (QED) is 0.498. The van der Waals surface area contributed by atoms with Crippen molar-refractivity contribution in [2.75, 3.05) is 11.9 Å². The van der Waals surface area contributed by atoms with Crippen LogP contribution in [0.25, 0.3) is 21.5 Å². The van der Waals surface area contributed by atoms with Crippen LogP contribution in [0.4, 0.5) is 5.69 Å². The second-order valence-electron chi connectivity index (χ2n) is 5.88. The first-order chi connectivity index (χ1) is 13.8. The van der Waals surface area contributed by atoms with Gasteiger partial charge in [0.15, 0.2) is 5.69 Å². The van der Waals surface area contributed by atoms with Gasteiger partial charge in [-0.25, -0.2) is 4.79 Å². The van der Waals surface area contributed by atoms with Crippen LogP contribution in [-0.2, 0) is 11.3 Å². The zero-order chi connectivity index (χ0) is 19.3. The van der Waals surface area contributed by atoms with Gasteiger partial charge in [-0.05, 0) is 13.0 Å². The van der Waals surface area contributed by atoms with E-state index in [1.807, 2.05) is 54.6 Å². The molecule has 2 heterocycles. The number of hydrogen-bond donors (Lipinski definition) is 1. The summed E-state index contributed by atoms with van der Waals surface area (Å²) in [6.45, 7) is 2.43. The molecular formula is C20H17N5O2S. The van der Waals surface area contributed by atoms with E-state index in [2.05, 4.69) is 25.7 Å². The van der Waals surface area contributed by atoms with E-state index in [1.165, 1.54) is 11.3 Å². The molecule has 0 atom stereocenters. The predicted molar refractivity (Wildman–Crippen MR) is 108 cm³/mol. The number of aromatic nitrogens is 4. The third-order valence-corrected chi connectivity index (χ3v) is 5.01. The van der Waals surface area contributed by atoms with E-state index in [0.717, 1.165) is 21.0 Å². The molecule has 8 heteroatoms. The van der Waals surface area contributed by atoms with Gasteiger partial charge in [-0.2, -0.15) is 0 Å². The molecule has 0 spiro atoms. The number of rotatable bonds is 6. The highest BCUT2D eigenvalue weighted by molar-refractivity contribution is 7.14. The minimum absolute atomic E-state index is 0.161. The van der Waals surface area contributed by atoms with Gasteiger partial charge in [-0.1, -0.05) is 59.9 Å². The van der Waals surface area contributed by atoms with Crippen molar-refractivity contribution in [1.82, 2.24) is 20.4 Å². The molecular weight excluding hydrogens is 374 g/mol. The molecule has 0 bridgehead atoms. The SMILES string of the molecule is CCOC(=O)c1nnc2ccccc2c1NCc1nnc(-c2ccccc2)s1. The Balaban J connectivity index is 1.63. The molecule has 2 aromatic heterocycles. The molecule has 0 saturated heterocycles. The van der Waals surface area contributed by atoms with Crippen LogP contribution in [0, 0.1) is 0 Å². The molecule has 28 heavy (non-hydrogen) atoms. The topological polar surface area (TPSA) is 89.9 Å². The number of nitrogens with zero attached hydrogens (tertiary/aromatic N) is 4. The van der Waals surface area contributed by atoms with Crippen molar-refractivity contribution < 1.29 is 9.53 Å². The molecule has 4 rings (SSSR count). The molecule has 1 N–H and O–H groups in total. The van der Waals surface area contributed by atoms with Crippen LogP contribution < -0.4 is 5.32 Å². The zero-order valence-electron chi connectivity index (χ0n) is 15.1. The Bertz CT molecular complexity index is 1110. The van der Waals surface area contributed by atoms with Crippen LogP contribution in [0.5, 0.6) is 0 Å². The van der Waals surface area contributed by atoms with E-state index in [1.54, 1.807) is 6.92 Å². The van der Waals surface area contributed by atoms with Crippen molar-refractivity contribution in [3.05, 3.63) is 65.3 Å². The Labute approximate surface area is 165 Å². The Hall–Kier alpha value is -3.39. The molecule has 0 aliphatic rings. The van der Waals surface area contributed by atoms with Crippen molar-refractivity contribution in [3.63, 3.8) is 0 Å². The van der Waals surface area contributed by atoms with E-state index in [4.69, 9.17) is 4.74 Å². The van der Waals surface area contributed by atoms with Gasteiger partial charge < -0.3 is 10.1 Å². The highest BCUT2D eigenvalue weighted by Crippen LogP contribution is 2.27. The summed E-state index contributed by atoms with van der Waals surface area (Å²) >= 11 is 1.50. The summed E-state index contributed by atoms with van der Waals surface area (Å²) in [6.07, 6.45) is 0. The number of anilines is 1.